The van der Waals surface area contributed by atoms with E-state index >= 15 is 0 Å². The van der Waals surface area contributed by atoms with Crippen molar-refractivity contribution in [2.24, 2.45) is 5.14 Å². The first-order valence-corrected chi connectivity index (χ1v) is 6.26. The van der Waals surface area contributed by atoms with E-state index in [1.165, 1.54) is 12.1 Å². The zero-order valence-corrected chi connectivity index (χ0v) is 10.0. The first-order chi connectivity index (χ1) is 7.84. The summed E-state index contributed by atoms with van der Waals surface area (Å²) in [4.78, 5) is 10.9. The van der Waals surface area contributed by atoms with Crippen LogP contribution in [0.2, 0.25) is 5.02 Å². The zero-order valence-electron chi connectivity index (χ0n) is 8.47. The highest BCUT2D eigenvalue weighted by Gasteiger charge is 2.16. The minimum atomic E-state index is -4.00. The summed E-state index contributed by atoms with van der Waals surface area (Å²) in [5.41, 5.74) is -0.00264. The summed E-state index contributed by atoms with van der Waals surface area (Å²) in [6, 6.07) is 5.47. The molecule has 1 amide bonds. The third-order valence-corrected chi connectivity index (χ3v) is 2.95. The number of carbonyl (C=O) groups is 1. The van der Waals surface area contributed by atoms with E-state index in [1.807, 2.05) is 0 Å². The monoisotopic (exact) mass is 273 g/mol. The van der Waals surface area contributed by atoms with Gasteiger partial charge in [0.1, 0.15) is 11.3 Å². The Labute approximate surface area is 103 Å². The lowest BCUT2D eigenvalue weighted by molar-refractivity contribution is -0.115. The molecule has 0 heterocycles. The number of primary sulfonamides is 1. The van der Waals surface area contributed by atoms with Crippen molar-refractivity contribution in [1.29, 1.82) is 5.26 Å². The quantitative estimate of drug-likeness (QED) is 0.849. The summed E-state index contributed by atoms with van der Waals surface area (Å²) in [7, 11) is -4.00. The molecule has 0 aliphatic heterocycles. The Morgan fingerprint density at radius 3 is 2.71 bits per heavy atom. The lowest BCUT2D eigenvalue weighted by Crippen LogP contribution is -2.18. The fourth-order valence-corrected chi connectivity index (χ4v) is 2.05. The maximum atomic E-state index is 11.2. The third-order valence-electron chi connectivity index (χ3n) is 1.76. The van der Waals surface area contributed by atoms with Crippen molar-refractivity contribution >= 4 is 33.2 Å². The molecule has 0 aromatic heterocycles. The second-order valence-corrected chi connectivity index (χ2v) is 5.03. The van der Waals surface area contributed by atoms with Crippen LogP contribution in [0.4, 0.5) is 5.69 Å². The number of nitriles is 1. The van der Waals surface area contributed by atoms with Gasteiger partial charge in [-0.05, 0) is 18.2 Å². The van der Waals surface area contributed by atoms with Gasteiger partial charge < -0.3 is 5.32 Å². The summed E-state index contributed by atoms with van der Waals surface area (Å²) in [6.07, 6.45) is -0.382. The van der Waals surface area contributed by atoms with Crippen molar-refractivity contribution in [3.8, 4) is 6.07 Å². The molecule has 90 valence electrons. The lowest BCUT2D eigenvalue weighted by atomic mass is 10.3. The van der Waals surface area contributed by atoms with E-state index in [-0.39, 0.29) is 22.0 Å². The minimum Gasteiger partial charge on any atom is -0.324 e. The smallest absolute Gasteiger partial charge is 0.240 e. The number of hydrogen-bond donors (Lipinski definition) is 2. The summed E-state index contributed by atoms with van der Waals surface area (Å²) >= 11 is 5.64. The van der Waals surface area contributed by atoms with Gasteiger partial charge in [0.15, 0.2) is 0 Å². The van der Waals surface area contributed by atoms with Gasteiger partial charge in [0, 0.05) is 5.02 Å². The van der Waals surface area contributed by atoms with Crippen LogP contribution in [0.1, 0.15) is 6.42 Å². The maximum absolute atomic E-state index is 11.2. The van der Waals surface area contributed by atoms with E-state index in [0.29, 0.717) is 0 Å². The van der Waals surface area contributed by atoms with E-state index in [2.05, 4.69) is 5.32 Å². The van der Waals surface area contributed by atoms with Crippen molar-refractivity contribution in [3.63, 3.8) is 0 Å². The van der Waals surface area contributed by atoms with E-state index in [1.54, 1.807) is 6.07 Å². The van der Waals surface area contributed by atoms with Crippen LogP contribution in [-0.4, -0.2) is 14.3 Å². The molecular formula is C9H8ClN3O3S. The number of benzene rings is 1. The number of nitrogens with zero attached hydrogens (tertiary/aromatic N) is 1. The van der Waals surface area contributed by atoms with Crippen LogP contribution < -0.4 is 10.5 Å². The normalized spacial score (nSPS) is 10.6. The van der Waals surface area contributed by atoms with Gasteiger partial charge in [-0.25, -0.2) is 13.6 Å². The Bertz CT molecular complexity index is 592. The fourth-order valence-electron chi connectivity index (χ4n) is 1.10. The molecule has 0 spiro atoms. The third kappa shape index (κ3) is 3.71. The van der Waals surface area contributed by atoms with Gasteiger partial charge in [-0.2, -0.15) is 5.26 Å². The molecule has 0 bridgehead atoms. The van der Waals surface area contributed by atoms with E-state index in [9.17, 15) is 13.2 Å². The number of amides is 1. The van der Waals surface area contributed by atoms with Crippen molar-refractivity contribution in [3.05, 3.63) is 23.2 Å². The average molecular weight is 274 g/mol. The second-order valence-electron chi connectivity index (χ2n) is 3.07. The molecule has 0 saturated carbocycles. The molecule has 0 fully saturated rings. The van der Waals surface area contributed by atoms with Gasteiger partial charge in [-0.1, -0.05) is 11.6 Å². The predicted molar refractivity (Wildman–Crippen MR) is 61.7 cm³/mol. The SMILES string of the molecule is N#CCC(=O)Nc1ccc(Cl)cc1S(N)(=O)=O. The highest BCUT2D eigenvalue weighted by Crippen LogP contribution is 2.24. The average Bonchev–Trinajstić information content (AvgIpc) is 2.19. The minimum absolute atomic E-state index is 0.00264. The van der Waals surface area contributed by atoms with Crippen LogP contribution in [0.5, 0.6) is 0 Å². The number of anilines is 1. The number of hydrogen-bond acceptors (Lipinski definition) is 4. The number of carbonyl (C=O) groups excluding carboxylic acids is 1. The summed E-state index contributed by atoms with van der Waals surface area (Å²) in [5, 5.41) is 15.7. The molecule has 1 rings (SSSR count). The van der Waals surface area contributed by atoms with Gasteiger partial charge in [0.25, 0.3) is 0 Å². The van der Waals surface area contributed by atoms with Crippen molar-refractivity contribution in [2.45, 2.75) is 11.3 Å². The highest BCUT2D eigenvalue weighted by molar-refractivity contribution is 7.89. The number of halogens is 1. The van der Waals surface area contributed by atoms with Crippen LogP contribution in [0.3, 0.4) is 0 Å². The van der Waals surface area contributed by atoms with Crippen LogP contribution >= 0.6 is 11.6 Å². The van der Waals surface area contributed by atoms with Crippen molar-refractivity contribution in [2.75, 3.05) is 5.32 Å². The number of nitrogens with two attached hydrogens (primary N) is 1. The van der Waals surface area contributed by atoms with Crippen LogP contribution in [-0.2, 0) is 14.8 Å². The molecule has 0 saturated heterocycles. The molecule has 6 nitrogen and oxygen atoms in total. The number of nitrogens with one attached hydrogen (secondary N) is 1. The van der Waals surface area contributed by atoms with Crippen LogP contribution in [0.15, 0.2) is 23.1 Å². The molecule has 0 unspecified atom stereocenters. The van der Waals surface area contributed by atoms with Gasteiger partial charge in [-0.15, -0.1) is 0 Å². The Hall–Kier alpha value is -1.62. The summed E-state index contributed by atoms with van der Waals surface area (Å²) < 4.78 is 22.5. The van der Waals surface area contributed by atoms with Crippen LogP contribution in [0, 0.1) is 11.3 Å². The lowest BCUT2D eigenvalue weighted by Gasteiger charge is -2.08. The highest BCUT2D eigenvalue weighted by atomic mass is 35.5. The molecular weight excluding hydrogens is 266 g/mol. The summed E-state index contributed by atoms with van der Waals surface area (Å²) in [6.45, 7) is 0. The van der Waals surface area contributed by atoms with Crippen molar-refractivity contribution < 1.29 is 13.2 Å². The molecule has 0 aliphatic rings. The molecule has 8 heteroatoms. The fraction of sp³-hybridized carbons (Fsp3) is 0.111. The standard InChI is InChI=1S/C9H8ClN3O3S/c10-6-1-2-7(13-9(14)3-4-11)8(5-6)17(12,15)16/h1-2,5H,3H2,(H,13,14)(H2,12,15,16). The van der Waals surface area contributed by atoms with E-state index < -0.39 is 15.9 Å². The molecule has 0 atom stereocenters. The Kier molecular flexibility index (Phi) is 4.07. The summed E-state index contributed by atoms with van der Waals surface area (Å²) in [5.74, 6) is -0.625. The molecule has 1 aromatic carbocycles. The molecule has 3 N–H and O–H groups in total. The first-order valence-electron chi connectivity index (χ1n) is 4.34. The maximum Gasteiger partial charge on any atom is 0.240 e. The molecule has 1 aromatic rings. The molecule has 17 heavy (non-hydrogen) atoms. The number of sulfonamides is 1. The largest absolute Gasteiger partial charge is 0.324 e. The Morgan fingerprint density at radius 2 is 2.18 bits per heavy atom. The first kappa shape index (κ1) is 13.4. The molecule has 0 radical (unpaired) electrons. The molecule has 0 aliphatic carbocycles. The predicted octanol–water partition coefficient (Wildman–Crippen LogP) is 0.840. The second kappa shape index (κ2) is 5.14. The Morgan fingerprint density at radius 1 is 1.53 bits per heavy atom. The van der Waals surface area contributed by atoms with Crippen molar-refractivity contribution in [1.82, 2.24) is 0 Å². The van der Waals surface area contributed by atoms with E-state index in [0.717, 1.165) is 6.07 Å². The van der Waals surface area contributed by atoms with Gasteiger partial charge >= 0.3 is 0 Å². The topological polar surface area (TPSA) is 113 Å². The van der Waals surface area contributed by atoms with Gasteiger partial charge in [0.2, 0.25) is 15.9 Å². The van der Waals surface area contributed by atoms with Crippen LogP contribution in [0.25, 0.3) is 0 Å². The number of rotatable bonds is 3. The van der Waals surface area contributed by atoms with Gasteiger partial charge in [-0.3, -0.25) is 4.79 Å². The zero-order chi connectivity index (χ0) is 13.1. The van der Waals surface area contributed by atoms with Gasteiger partial charge in [0.05, 0.1) is 11.8 Å². The Balaban J connectivity index is 3.17. The van der Waals surface area contributed by atoms with E-state index in [4.69, 9.17) is 22.0 Å².